The summed E-state index contributed by atoms with van der Waals surface area (Å²) in [6.07, 6.45) is -1.06. The van der Waals surface area contributed by atoms with E-state index >= 15 is 0 Å². The van der Waals surface area contributed by atoms with Crippen LogP contribution in [0.15, 0.2) is 22.7 Å². The number of hydrogen-bond acceptors (Lipinski definition) is 5. The van der Waals surface area contributed by atoms with E-state index in [1.54, 1.807) is 0 Å². The number of benzene rings is 1. The number of carbonyl (C=O) groups is 1. The van der Waals surface area contributed by atoms with Crippen molar-refractivity contribution in [1.29, 1.82) is 0 Å². The molecule has 1 atom stereocenters. The van der Waals surface area contributed by atoms with Gasteiger partial charge in [0.25, 0.3) is 11.6 Å². The van der Waals surface area contributed by atoms with Gasteiger partial charge in [-0.3, -0.25) is 14.9 Å². The van der Waals surface area contributed by atoms with E-state index < -0.39 is 23.5 Å². The van der Waals surface area contributed by atoms with E-state index in [1.165, 1.54) is 12.1 Å². The molecule has 0 spiro atoms. The zero-order chi connectivity index (χ0) is 13.7. The topological polar surface area (TPSA) is 113 Å². The average Bonchev–Trinajstić information content (AvgIpc) is 2.35. The van der Waals surface area contributed by atoms with Crippen molar-refractivity contribution in [1.82, 2.24) is 5.32 Å². The molecular formula is C10H11BrN2O5. The number of aliphatic hydroxyl groups excluding tert-OH is 2. The van der Waals surface area contributed by atoms with Gasteiger partial charge in [-0.05, 0) is 28.1 Å². The van der Waals surface area contributed by atoms with Crippen molar-refractivity contribution < 1.29 is 19.9 Å². The molecule has 1 amide bonds. The lowest BCUT2D eigenvalue weighted by Crippen LogP contribution is -2.33. The Balaban J connectivity index is 2.80. The SMILES string of the molecule is O=C(NCC(O)CO)c1ccc(Br)c([N+](=O)[O-])c1. The lowest BCUT2D eigenvalue weighted by molar-refractivity contribution is -0.385. The minimum absolute atomic E-state index is 0.107. The molecule has 1 aromatic rings. The van der Waals surface area contributed by atoms with E-state index in [0.29, 0.717) is 0 Å². The van der Waals surface area contributed by atoms with Crippen LogP contribution in [0.1, 0.15) is 10.4 Å². The first kappa shape index (κ1) is 14.6. The Morgan fingerprint density at radius 3 is 2.78 bits per heavy atom. The Bertz CT molecular complexity index is 466. The molecule has 1 aromatic carbocycles. The van der Waals surface area contributed by atoms with Crippen molar-refractivity contribution in [3.8, 4) is 0 Å². The highest BCUT2D eigenvalue weighted by molar-refractivity contribution is 9.10. The number of nitro benzene ring substituents is 1. The number of nitrogens with one attached hydrogen (secondary N) is 1. The first-order chi connectivity index (χ1) is 8.45. The Morgan fingerprint density at radius 2 is 2.22 bits per heavy atom. The zero-order valence-corrected chi connectivity index (χ0v) is 10.8. The van der Waals surface area contributed by atoms with Gasteiger partial charge in [-0.2, -0.15) is 0 Å². The summed E-state index contributed by atoms with van der Waals surface area (Å²) in [6.45, 7) is -0.597. The van der Waals surface area contributed by atoms with Gasteiger partial charge in [0.15, 0.2) is 0 Å². The van der Waals surface area contributed by atoms with Crippen LogP contribution in [0.4, 0.5) is 5.69 Å². The third kappa shape index (κ3) is 3.76. The molecule has 0 aliphatic rings. The monoisotopic (exact) mass is 318 g/mol. The van der Waals surface area contributed by atoms with E-state index in [1.807, 2.05) is 0 Å². The normalized spacial score (nSPS) is 11.9. The van der Waals surface area contributed by atoms with E-state index in [4.69, 9.17) is 10.2 Å². The summed E-state index contributed by atoms with van der Waals surface area (Å²) < 4.78 is 0.277. The van der Waals surface area contributed by atoms with E-state index in [9.17, 15) is 14.9 Å². The zero-order valence-electron chi connectivity index (χ0n) is 9.17. The molecule has 98 valence electrons. The molecule has 0 bridgehead atoms. The van der Waals surface area contributed by atoms with Crippen molar-refractivity contribution >= 4 is 27.5 Å². The minimum Gasteiger partial charge on any atom is -0.394 e. The highest BCUT2D eigenvalue weighted by Crippen LogP contribution is 2.25. The molecule has 1 unspecified atom stereocenters. The van der Waals surface area contributed by atoms with Crippen LogP contribution in [-0.2, 0) is 0 Å². The highest BCUT2D eigenvalue weighted by Gasteiger charge is 2.16. The Morgan fingerprint density at radius 1 is 1.56 bits per heavy atom. The Kier molecular flexibility index (Phi) is 5.20. The maximum absolute atomic E-state index is 11.6. The van der Waals surface area contributed by atoms with Crippen LogP contribution >= 0.6 is 15.9 Å². The van der Waals surface area contributed by atoms with Gasteiger partial charge < -0.3 is 15.5 Å². The fourth-order valence-corrected chi connectivity index (χ4v) is 1.56. The lowest BCUT2D eigenvalue weighted by Gasteiger charge is -2.09. The van der Waals surface area contributed by atoms with E-state index in [0.717, 1.165) is 6.07 Å². The third-order valence-corrected chi connectivity index (χ3v) is 2.78. The van der Waals surface area contributed by atoms with Gasteiger partial charge in [0.1, 0.15) is 0 Å². The standard InChI is InChI=1S/C10H11BrN2O5/c11-8-2-1-6(3-9(8)13(17)18)10(16)12-4-7(15)5-14/h1-3,7,14-15H,4-5H2,(H,12,16). The number of rotatable bonds is 5. The number of aliphatic hydroxyl groups is 2. The van der Waals surface area contributed by atoms with Crippen LogP contribution in [0.5, 0.6) is 0 Å². The van der Waals surface area contributed by atoms with Gasteiger partial charge in [0, 0.05) is 18.2 Å². The number of amides is 1. The number of halogens is 1. The van der Waals surface area contributed by atoms with Crippen molar-refractivity contribution in [2.75, 3.05) is 13.2 Å². The van der Waals surface area contributed by atoms with Gasteiger partial charge in [0.05, 0.1) is 22.1 Å². The Hall–Kier alpha value is -1.51. The molecule has 1 rings (SSSR count). The van der Waals surface area contributed by atoms with Gasteiger partial charge in [-0.1, -0.05) is 0 Å². The van der Waals surface area contributed by atoms with Crippen LogP contribution in [0, 0.1) is 10.1 Å². The molecule has 8 heteroatoms. The molecule has 0 fully saturated rings. The number of carbonyl (C=O) groups excluding carboxylic acids is 1. The summed E-state index contributed by atoms with van der Waals surface area (Å²) in [5.74, 6) is -0.557. The van der Waals surface area contributed by atoms with E-state index in [-0.39, 0.29) is 22.3 Å². The van der Waals surface area contributed by atoms with Crippen molar-refractivity contribution in [2.45, 2.75) is 6.10 Å². The maximum Gasteiger partial charge on any atom is 0.284 e. The molecular weight excluding hydrogens is 308 g/mol. The molecule has 0 aliphatic heterocycles. The number of nitrogens with zero attached hydrogens (tertiary/aromatic N) is 1. The van der Waals surface area contributed by atoms with Crippen molar-refractivity contribution in [3.63, 3.8) is 0 Å². The fraction of sp³-hybridized carbons (Fsp3) is 0.300. The summed E-state index contributed by atoms with van der Waals surface area (Å²) in [7, 11) is 0. The van der Waals surface area contributed by atoms with Gasteiger partial charge in [-0.15, -0.1) is 0 Å². The molecule has 0 aromatic heterocycles. The van der Waals surface area contributed by atoms with Crippen LogP contribution < -0.4 is 5.32 Å². The molecule has 7 nitrogen and oxygen atoms in total. The molecule has 0 radical (unpaired) electrons. The van der Waals surface area contributed by atoms with Crippen LogP contribution in [0.3, 0.4) is 0 Å². The second-order valence-corrected chi connectivity index (χ2v) is 4.32. The second kappa shape index (κ2) is 6.43. The summed E-state index contributed by atoms with van der Waals surface area (Å²) in [6, 6.07) is 3.94. The van der Waals surface area contributed by atoms with Gasteiger partial charge >= 0.3 is 0 Å². The lowest BCUT2D eigenvalue weighted by atomic mass is 10.2. The average molecular weight is 319 g/mol. The van der Waals surface area contributed by atoms with Crippen molar-refractivity contribution in [2.24, 2.45) is 0 Å². The first-order valence-corrected chi connectivity index (χ1v) is 5.76. The summed E-state index contributed by atoms with van der Waals surface area (Å²) in [5, 5.41) is 30.7. The summed E-state index contributed by atoms with van der Waals surface area (Å²) in [5.41, 5.74) is -0.111. The highest BCUT2D eigenvalue weighted by atomic mass is 79.9. The fourth-order valence-electron chi connectivity index (χ4n) is 1.17. The maximum atomic E-state index is 11.6. The van der Waals surface area contributed by atoms with Crippen LogP contribution in [0.25, 0.3) is 0 Å². The molecule has 18 heavy (non-hydrogen) atoms. The second-order valence-electron chi connectivity index (χ2n) is 3.47. The largest absolute Gasteiger partial charge is 0.394 e. The third-order valence-electron chi connectivity index (χ3n) is 2.11. The molecule has 0 saturated heterocycles. The minimum atomic E-state index is -1.06. The van der Waals surface area contributed by atoms with Crippen LogP contribution in [0.2, 0.25) is 0 Å². The quantitative estimate of drug-likeness (QED) is 0.538. The number of nitro groups is 1. The van der Waals surface area contributed by atoms with Crippen LogP contribution in [-0.4, -0.2) is 40.3 Å². The predicted octanol–water partition coefficient (Wildman–Crippen LogP) is 0.440. The van der Waals surface area contributed by atoms with Crippen molar-refractivity contribution in [3.05, 3.63) is 38.3 Å². The van der Waals surface area contributed by atoms with Gasteiger partial charge in [0.2, 0.25) is 0 Å². The summed E-state index contributed by atoms with van der Waals surface area (Å²) in [4.78, 5) is 21.7. The molecule has 0 saturated carbocycles. The smallest absolute Gasteiger partial charge is 0.284 e. The van der Waals surface area contributed by atoms with Gasteiger partial charge in [-0.25, -0.2) is 0 Å². The number of hydrogen-bond donors (Lipinski definition) is 3. The first-order valence-electron chi connectivity index (χ1n) is 4.96. The van der Waals surface area contributed by atoms with E-state index in [2.05, 4.69) is 21.2 Å². The summed E-state index contributed by atoms with van der Waals surface area (Å²) >= 11 is 3.01. The molecule has 0 aliphatic carbocycles. The molecule has 3 N–H and O–H groups in total. The molecule has 0 heterocycles. The Labute approximate surface area is 111 Å². The predicted molar refractivity (Wildman–Crippen MR) is 66.2 cm³/mol.